The summed E-state index contributed by atoms with van der Waals surface area (Å²) in [6, 6.07) is 9.54. The van der Waals surface area contributed by atoms with Crippen LogP contribution in [0, 0.1) is 34.4 Å². The van der Waals surface area contributed by atoms with Crippen molar-refractivity contribution in [3.63, 3.8) is 0 Å². The van der Waals surface area contributed by atoms with E-state index in [-0.39, 0.29) is 17.5 Å². The molecule has 2 aliphatic rings. The van der Waals surface area contributed by atoms with E-state index in [0.29, 0.717) is 23.1 Å². The highest BCUT2D eigenvalue weighted by Gasteiger charge is 2.40. The summed E-state index contributed by atoms with van der Waals surface area (Å²) in [5.74, 6) is 1.37. The Morgan fingerprint density at radius 1 is 1.18 bits per heavy atom. The van der Waals surface area contributed by atoms with Crippen LogP contribution in [0.25, 0.3) is 10.9 Å². The lowest BCUT2D eigenvalue weighted by Crippen LogP contribution is -2.47. The van der Waals surface area contributed by atoms with E-state index in [0.717, 1.165) is 61.7 Å². The lowest BCUT2D eigenvalue weighted by Gasteiger charge is -2.42. The van der Waals surface area contributed by atoms with Crippen molar-refractivity contribution in [3.8, 4) is 17.5 Å². The molecular formula is C31H34F2N4OSi. The summed E-state index contributed by atoms with van der Waals surface area (Å²) < 4.78 is 29.3. The Hall–Kier alpha value is -3.62. The molecule has 8 heteroatoms. The first-order valence-electron chi connectivity index (χ1n) is 13.7. The van der Waals surface area contributed by atoms with Crippen LogP contribution in [0.1, 0.15) is 61.0 Å². The number of H-pyrrole nitrogens is 1. The normalized spacial score (nSPS) is 18.7. The number of benzene rings is 2. The first-order chi connectivity index (χ1) is 18.6. The Kier molecular flexibility index (Phi) is 7.26. The van der Waals surface area contributed by atoms with Gasteiger partial charge in [-0.1, -0.05) is 45.5 Å². The molecule has 2 atom stereocenters. The Balaban J connectivity index is 1.73. The lowest BCUT2D eigenvalue weighted by atomic mass is 9.85. The van der Waals surface area contributed by atoms with Gasteiger partial charge in [-0.3, -0.25) is 4.79 Å². The highest BCUT2D eigenvalue weighted by molar-refractivity contribution is 6.84. The molecule has 5 rings (SSSR count). The van der Waals surface area contributed by atoms with Crippen LogP contribution in [-0.2, 0) is 11.2 Å². The molecule has 3 aromatic rings. The van der Waals surface area contributed by atoms with Gasteiger partial charge in [0.2, 0.25) is 0 Å². The quantitative estimate of drug-likeness (QED) is 0.297. The van der Waals surface area contributed by atoms with Crippen molar-refractivity contribution < 1.29 is 13.6 Å². The molecule has 0 spiro atoms. The summed E-state index contributed by atoms with van der Waals surface area (Å²) in [5, 5.41) is 10.5. The Labute approximate surface area is 229 Å². The second-order valence-corrected chi connectivity index (χ2v) is 16.4. The van der Waals surface area contributed by atoms with Crippen molar-refractivity contribution in [1.82, 2.24) is 9.88 Å². The van der Waals surface area contributed by atoms with Gasteiger partial charge in [-0.2, -0.15) is 5.26 Å². The van der Waals surface area contributed by atoms with Gasteiger partial charge in [-0.05, 0) is 54.5 Å². The third-order valence-electron chi connectivity index (χ3n) is 7.67. The molecule has 0 bridgehead atoms. The van der Waals surface area contributed by atoms with Crippen LogP contribution in [0.3, 0.4) is 0 Å². The highest BCUT2D eigenvalue weighted by atomic mass is 28.3. The molecule has 202 valence electrons. The third-order valence-corrected chi connectivity index (χ3v) is 8.55. The molecule has 0 aliphatic carbocycles. The molecule has 0 unspecified atom stereocenters. The molecule has 1 N–H and O–H groups in total. The monoisotopic (exact) mass is 544 g/mol. The van der Waals surface area contributed by atoms with Crippen molar-refractivity contribution in [3.05, 3.63) is 64.4 Å². The van der Waals surface area contributed by atoms with Gasteiger partial charge < -0.3 is 14.8 Å². The van der Waals surface area contributed by atoms with Crippen LogP contribution < -0.4 is 4.90 Å². The van der Waals surface area contributed by atoms with Crippen LogP contribution in [0.4, 0.5) is 14.5 Å². The summed E-state index contributed by atoms with van der Waals surface area (Å²) in [6.45, 7) is 10.2. The van der Waals surface area contributed by atoms with Gasteiger partial charge in [-0.15, -0.1) is 5.54 Å². The minimum atomic E-state index is -1.83. The predicted octanol–water partition coefficient (Wildman–Crippen LogP) is 6.44. The van der Waals surface area contributed by atoms with E-state index in [2.05, 4.69) is 54.0 Å². The molecule has 2 aromatic carbocycles. The van der Waals surface area contributed by atoms with Gasteiger partial charge in [0.15, 0.2) is 0 Å². The summed E-state index contributed by atoms with van der Waals surface area (Å²) in [5.41, 5.74) is 7.11. The van der Waals surface area contributed by atoms with E-state index in [1.54, 1.807) is 0 Å². The van der Waals surface area contributed by atoms with E-state index >= 15 is 0 Å². The number of carbonyl (C=O) groups is 1. The molecule has 1 amide bonds. The van der Waals surface area contributed by atoms with Crippen molar-refractivity contribution >= 4 is 30.6 Å². The number of carbonyl (C=O) groups excluding carboxylic acids is 1. The number of halogens is 2. The number of unbranched alkanes of at least 4 members (excludes halogenated alkanes) is 1. The van der Waals surface area contributed by atoms with Crippen LogP contribution in [-0.4, -0.2) is 43.0 Å². The lowest BCUT2D eigenvalue weighted by molar-refractivity contribution is -0.130. The summed E-state index contributed by atoms with van der Waals surface area (Å²) in [6.07, 6.45) is 4.17. The fraction of sp³-hybridized carbons (Fsp3) is 0.419. The highest BCUT2D eigenvalue weighted by Crippen LogP contribution is 2.43. The zero-order valence-corrected chi connectivity index (χ0v) is 24.0. The number of aromatic amines is 1. The van der Waals surface area contributed by atoms with Crippen LogP contribution in [0.15, 0.2) is 30.3 Å². The first-order valence-corrected chi connectivity index (χ1v) is 17.2. The average Bonchev–Trinajstić information content (AvgIpc) is 3.22. The van der Waals surface area contributed by atoms with E-state index in [4.69, 9.17) is 0 Å². The smallest absolute Gasteiger partial charge is 0.298 e. The molecule has 39 heavy (non-hydrogen) atoms. The fourth-order valence-electron chi connectivity index (χ4n) is 5.67. The number of aromatic nitrogens is 1. The Morgan fingerprint density at radius 2 is 1.95 bits per heavy atom. The second-order valence-electron chi connectivity index (χ2n) is 11.7. The Bertz CT molecular complexity index is 1530. The summed E-state index contributed by atoms with van der Waals surface area (Å²) in [7, 11) is -1.83. The van der Waals surface area contributed by atoms with Gasteiger partial charge in [0, 0.05) is 36.3 Å². The number of rotatable bonds is 5. The summed E-state index contributed by atoms with van der Waals surface area (Å²) >= 11 is 0. The first kappa shape index (κ1) is 27.0. The number of hydrogen-bond acceptors (Lipinski definition) is 3. The maximum Gasteiger partial charge on any atom is 0.298 e. The molecule has 1 aromatic heterocycles. The number of nitriles is 1. The fourth-order valence-corrected chi connectivity index (χ4v) is 6.16. The minimum Gasteiger partial charge on any atom is -0.370 e. The van der Waals surface area contributed by atoms with Crippen molar-refractivity contribution in [2.24, 2.45) is 0 Å². The molecular weight excluding hydrogens is 510 g/mol. The molecule has 3 heterocycles. The number of anilines is 1. The molecule has 0 radical (unpaired) electrons. The van der Waals surface area contributed by atoms with Gasteiger partial charge >= 0.3 is 0 Å². The standard InChI is InChI=1S/C31H34F2N4OSi/c1-5-6-8-23-18-25-24-16-22(32)17-26(33)29(24)35-30(25)31(37(23)28(38)11-14-39(2,3)4)20-9-10-27(21(15-20)19-34)36-12-7-13-36/h9-10,15-17,23,31,35H,5-8,12-13,18H2,1-4H3/t23-,31-/m0/s1. The van der Waals surface area contributed by atoms with Gasteiger partial charge in [0.05, 0.1) is 22.8 Å². The number of fused-ring (bicyclic) bond motifs is 3. The molecule has 5 nitrogen and oxygen atoms in total. The van der Waals surface area contributed by atoms with Crippen molar-refractivity contribution in [2.75, 3.05) is 18.0 Å². The van der Waals surface area contributed by atoms with E-state index < -0.39 is 25.8 Å². The molecule has 2 aliphatic heterocycles. The van der Waals surface area contributed by atoms with E-state index in [1.165, 1.54) is 6.07 Å². The van der Waals surface area contributed by atoms with Crippen LogP contribution in [0.2, 0.25) is 19.6 Å². The zero-order valence-electron chi connectivity index (χ0n) is 23.0. The van der Waals surface area contributed by atoms with Gasteiger partial charge in [0.1, 0.15) is 25.8 Å². The maximum absolute atomic E-state index is 15.0. The number of hydrogen-bond donors (Lipinski definition) is 1. The second kappa shape index (κ2) is 10.5. The topological polar surface area (TPSA) is 63.1 Å². The SMILES string of the molecule is CCCC[C@H]1Cc2c([nH]c3c(F)cc(F)cc23)[C@H](c2ccc(N3CCC3)c(C#N)c2)N1C(=O)C#C[Si](C)(C)C. The Morgan fingerprint density at radius 3 is 2.59 bits per heavy atom. The number of nitrogens with one attached hydrogen (secondary N) is 1. The molecule has 1 saturated heterocycles. The average molecular weight is 545 g/mol. The van der Waals surface area contributed by atoms with Crippen LogP contribution in [0.5, 0.6) is 0 Å². The minimum absolute atomic E-state index is 0.197. The number of nitrogens with zero attached hydrogens (tertiary/aromatic N) is 3. The van der Waals surface area contributed by atoms with Crippen molar-refractivity contribution in [2.45, 2.75) is 70.8 Å². The molecule has 0 saturated carbocycles. The van der Waals surface area contributed by atoms with Crippen LogP contribution >= 0.6 is 0 Å². The maximum atomic E-state index is 15.0. The van der Waals surface area contributed by atoms with E-state index in [1.807, 2.05) is 23.1 Å². The van der Waals surface area contributed by atoms with Gasteiger partial charge in [-0.25, -0.2) is 8.78 Å². The van der Waals surface area contributed by atoms with Gasteiger partial charge in [0.25, 0.3) is 5.91 Å². The molecule has 1 fully saturated rings. The summed E-state index contributed by atoms with van der Waals surface area (Å²) in [4.78, 5) is 21.1. The zero-order chi connectivity index (χ0) is 27.9. The van der Waals surface area contributed by atoms with Crippen molar-refractivity contribution in [1.29, 1.82) is 5.26 Å². The van der Waals surface area contributed by atoms with E-state index in [9.17, 15) is 18.8 Å². The third kappa shape index (κ3) is 5.18. The predicted molar refractivity (Wildman–Crippen MR) is 153 cm³/mol. The number of amides is 1. The largest absolute Gasteiger partial charge is 0.370 e.